The lowest BCUT2D eigenvalue weighted by Crippen LogP contribution is -2.38. The Morgan fingerprint density at radius 3 is 2.50 bits per heavy atom. The summed E-state index contributed by atoms with van der Waals surface area (Å²) in [5.74, 6) is -1.46. The predicted molar refractivity (Wildman–Crippen MR) is 88.0 cm³/mol. The van der Waals surface area contributed by atoms with Crippen molar-refractivity contribution >= 4 is 6.03 Å². The summed E-state index contributed by atoms with van der Waals surface area (Å²) in [6.07, 6.45) is 1.74. The summed E-state index contributed by atoms with van der Waals surface area (Å²) in [5.41, 5.74) is 1.23. The van der Waals surface area contributed by atoms with E-state index in [0.29, 0.717) is 6.54 Å². The van der Waals surface area contributed by atoms with Crippen LogP contribution in [0.2, 0.25) is 0 Å². The Hall–Kier alpha value is -2.63. The first kappa shape index (κ1) is 17.7. The lowest BCUT2D eigenvalue weighted by molar-refractivity contribution is 0.235. The van der Waals surface area contributed by atoms with Crippen LogP contribution in [-0.4, -0.2) is 25.7 Å². The number of carbonyl (C=O) groups is 1. The van der Waals surface area contributed by atoms with Gasteiger partial charge in [0, 0.05) is 12.6 Å². The smallest absolute Gasteiger partial charge is 0.314 e. The highest BCUT2D eigenvalue weighted by Gasteiger charge is 2.05. The molecule has 0 radical (unpaired) electrons. The van der Waals surface area contributed by atoms with Crippen LogP contribution < -0.4 is 15.4 Å². The number of benzene rings is 2. The zero-order chi connectivity index (χ0) is 17.2. The molecule has 0 aromatic heterocycles. The Morgan fingerprint density at radius 1 is 1.00 bits per heavy atom. The van der Waals surface area contributed by atoms with Crippen LogP contribution in [0.5, 0.6) is 5.75 Å². The number of hydrogen-bond acceptors (Lipinski definition) is 2. The monoisotopic (exact) mass is 334 g/mol. The van der Waals surface area contributed by atoms with Gasteiger partial charge in [0.15, 0.2) is 11.6 Å². The first-order valence-corrected chi connectivity index (χ1v) is 7.78. The highest BCUT2D eigenvalue weighted by atomic mass is 19.1. The van der Waals surface area contributed by atoms with Crippen LogP contribution in [0.1, 0.15) is 12.0 Å². The number of carbonyl (C=O) groups excluding carboxylic acids is 1. The number of nitrogens with one attached hydrogen (secondary N) is 2. The molecule has 0 saturated heterocycles. The van der Waals surface area contributed by atoms with Gasteiger partial charge in [0.2, 0.25) is 0 Å². The summed E-state index contributed by atoms with van der Waals surface area (Å²) in [5, 5.41) is 5.35. The van der Waals surface area contributed by atoms with E-state index in [-0.39, 0.29) is 24.9 Å². The first-order chi connectivity index (χ1) is 11.6. The van der Waals surface area contributed by atoms with Crippen molar-refractivity contribution in [1.29, 1.82) is 0 Å². The molecular formula is C18H20F2N2O2. The van der Waals surface area contributed by atoms with Crippen molar-refractivity contribution in [2.75, 3.05) is 19.7 Å². The number of amides is 2. The molecule has 0 fully saturated rings. The standard InChI is InChI=1S/C18H20F2N2O2/c19-15-8-9-17(16(20)13-15)24-12-11-22-18(23)21-10-4-7-14-5-2-1-3-6-14/h1-3,5-6,8-9,13H,4,7,10-12H2,(H2,21,22,23). The van der Waals surface area contributed by atoms with Gasteiger partial charge in [0.1, 0.15) is 12.4 Å². The fourth-order valence-electron chi connectivity index (χ4n) is 2.12. The van der Waals surface area contributed by atoms with E-state index in [4.69, 9.17) is 4.74 Å². The van der Waals surface area contributed by atoms with Crippen LogP contribution in [0.4, 0.5) is 13.6 Å². The molecule has 0 aliphatic carbocycles. The molecule has 0 atom stereocenters. The number of urea groups is 1. The van der Waals surface area contributed by atoms with Crippen molar-refractivity contribution < 1.29 is 18.3 Å². The van der Waals surface area contributed by atoms with E-state index in [1.807, 2.05) is 30.3 Å². The summed E-state index contributed by atoms with van der Waals surface area (Å²) in [6.45, 7) is 0.884. The predicted octanol–water partition coefficient (Wildman–Crippen LogP) is 3.28. The molecule has 0 saturated carbocycles. The van der Waals surface area contributed by atoms with Gasteiger partial charge < -0.3 is 15.4 Å². The van der Waals surface area contributed by atoms with Gasteiger partial charge in [-0.05, 0) is 30.5 Å². The number of halogens is 2. The van der Waals surface area contributed by atoms with E-state index in [9.17, 15) is 13.6 Å². The Balaban J connectivity index is 1.55. The Labute approximate surface area is 139 Å². The van der Waals surface area contributed by atoms with Crippen LogP contribution in [0.3, 0.4) is 0 Å². The van der Waals surface area contributed by atoms with E-state index >= 15 is 0 Å². The maximum atomic E-state index is 13.3. The molecule has 2 N–H and O–H groups in total. The van der Waals surface area contributed by atoms with Crippen LogP contribution in [0.25, 0.3) is 0 Å². The van der Waals surface area contributed by atoms with Crippen LogP contribution in [0.15, 0.2) is 48.5 Å². The van der Waals surface area contributed by atoms with Gasteiger partial charge in [-0.2, -0.15) is 0 Å². The third-order valence-electron chi connectivity index (χ3n) is 3.31. The van der Waals surface area contributed by atoms with Crippen LogP contribution in [-0.2, 0) is 6.42 Å². The summed E-state index contributed by atoms with van der Waals surface area (Å²) in [7, 11) is 0. The Morgan fingerprint density at radius 2 is 1.75 bits per heavy atom. The second-order valence-corrected chi connectivity index (χ2v) is 5.20. The summed E-state index contributed by atoms with van der Waals surface area (Å²) < 4.78 is 31.2. The van der Waals surface area contributed by atoms with Crippen molar-refractivity contribution in [3.8, 4) is 5.75 Å². The molecule has 0 bridgehead atoms. The van der Waals surface area contributed by atoms with Gasteiger partial charge in [-0.3, -0.25) is 0 Å². The van der Waals surface area contributed by atoms with Crippen LogP contribution in [0, 0.1) is 11.6 Å². The van der Waals surface area contributed by atoms with Gasteiger partial charge in [0.25, 0.3) is 0 Å². The summed E-state index contributed by atoms with van der Waals surface area (Å²) in [6, 6.07) is 12.8. The molecule has 24 heavy (non-hydrogen) atoms. The minimum Gasteiger partial charge on any atom is -0.489 e. The van der Waals surface area contributed by atoms with E-state index in [0.717, 1.165) is 25.0 Å². The molecular weight excluding hydrogens is 314 g/mol. The third kappa shape index (κ3) is 6.24. The molecule has 2 amide bonds. The molecule has 0 spiro atoms. The molecule has 0 aliphatic rings. The second kappa shape index (κ2) is 9.50. The van der Waals surface area contributed by atoms with Crippen molar-refractivity contribution in [1.82, 2.24) is 10.6 Å². The number of rotatable bonds is 8. The van der Waals surface area contributed by atoms with E-state index in [1.165, 1.54) is 11.6 Å². The van der Waals surface area contributed by atoms with Gasteiger partial charge in [0.05, 0.1) is 6.54 Å². The average molecular weight is 334 g/mol. The molecule has 0 unspecified atom stereocenters. The minimum atomic E-state index is -0.764. The van der Waals surface area contributed by atoms with Gasteiger partial charge in [-0.15, -0.1) is 0 Å². The lowest BCUT2D eigenvalue weighted by atomic mass is 10.1. The van der Waals surface area contributed by atoms with E-state index < -0.39 is 11.6 Å². The number of aryl methyl sites for hydroxylation is 1. The molecule has 2 aromatic carbocycles. The number of hydrogen-bond donors (Lipinski definition) is 2. The first-order valence-electron chi connectivity index (χ1n) is 7.78. The fourth-order valence-corrected chi connectivity index (χ4v) is 2.12. The average Bonchev–Trinajstić information content (AvgIpc) is 2.58. The van der Waals surface area contributed by atoms with Gasteiger partial charge in [-0.25, -0.2) is 13.6 Å². The minimum absolute atomic E-state index is 0.0403. The van der Waals surface area contributed by atoms with Crippen molar-refractivity contribution in [2.45, 2.75) is 12.8 Å². The van der Waals surface area contributed by atoms with Crippen LogP contribution >= 0.6 is 0 Å². The Kier molecular flexibility index (Phi) is 7.01. The molecule has 2 aromatic rings. The maximum Gasteiger partial charge on any atom is 0.314 e. The quantitative estimate of drug-likeness (QED) is 0.728. The molecule has 4 nitrogen and oxygen atoms in total. The zero-order valence-corrected chi connectivity index (χ0v) is 13.2. The highest BCUT2D eigenvalue weighted by Crippen LogP contribution is 2.17. The molecule has 6 heteroatoms. The molecule has 128 valence electrons. The third-order valence-corrected chi connectivity index (χ3v) is 3.31. The van der Waals surface area contributed by atoms with Crippen molar-refractivity contribution in [3.63, 3.8) is 0 Å². The normalized spacial score (nSPS) is 10.2. The van der Waals surface area contributed by atoms with Gasteiger partial charge in [-0.1, -0.05) is 30.3 Å². The summed E-state index contributed by atoms with van der Waals surface area (Å²) in [4.78, 5) is 11.6. The number of ether oxygens (including phenoxy) is 1. The van der Waals surface area contributed by atoms with Crippen molar-refractivity contribution in [2.24, 2.45) is 0 Å². The largest absolute Gasteiger partial charge is 0.489 e. The topological polar surface area (TPSA) is 50.4 Å². The maximum absolute atomic E-state index is 13.3. The van der Waals surface area contributed by atoms with E-state index in [2.05, 4.69) is 10.6 Å². The zero-order valence-electron chi connectivity index (χ0n) is 13.2. The lowest BCUT2D eigenvalue weighted by Gasteiger charge is -2.09. The van der Waals surface area contributed by atoms with Crippen molar-refractivity contribution in [3.05, 3.63) is 65.7 Å². The fraction of sp³-hybridized carbons (Fsp3) is 0.278. The molecule has 0 heterocycles. The Bertz CT molecular complexity index is 651. The van der Waals surface area contributed by atoms with E-state index in [1.54, 1.807) is 0 Å². The van der Waals surface area contributed by atoms with Gasteiger partial charge >= 0.3 is 6.03 Å². The second-order valence-electron chi connectivity index (χ2n) is 5.20. The molecule has 0 aliphatic heterocycles. The SMILES string of the molecule is O=C(NCCCc1ccccc1)NCCOc1ccc(F)cc1F. The summed E-state index contributed by atoms with van der Waals surface area (Å²) >= 11 is 0. The molecule has 2 rings (SSSR count). The highest BCUT2D eigenvalue weighted by molar-refractivity contribution is 5.73.